The zero-order valence-electron chi connectivity index (χ0n) is 12.2. The minimum atomic E-state index is -0.317. The molecule has 4 atom stereocenters. The molecule has 4 nitrogen and oxygen atoms in total. The van der Waals surface area contributed by atoms with E-state index >= 15 is 0 Å². The fraction of sp³-hybridized carbons (Fsp3) is 0.625. The van der Waals surface area contributed by atoms with Gasteiger partial charge in [0.05, 0.1) is 19.6 Å². The number of carbonyl (C=O) groups is 2. The number of cyclic esters (lactones) is 1. The van der Waals surface area contributed by atoms with Crippen molar-refractivity contribution >= 4 is 11.9 Å². The fourth-order valence-corrected chi connectivity index (χ4v) is 4.60. The van der Waals surface area contributed by atoms with Gasteiger partial charge in [0.1, 0.15) is 0 Å². The Morgan fingerprint density at radius 3 is 2.80 bits per heavy atom. The first kappa shape index (κ1) is 13.4. The standard InChI is InChI=1S/C16H20O4/c1-8-6-16-10(3)14(17)20-7-13(16)11(15(18)19-4)5-12(16)9(8)2/h11-13H,3,5-7H2,1-2,4H3/t11-,12-,13+,16-/m1/s1. The molecule has 0 N–H and O–H groups in total. The molecule has 2 aliphatic carbocycles. The Labute approximate surface area is 118 Å². The normalized spacial score (nSPS) is 39.5. The molecule has 1 heterocycles. The van der Waals surface area contributed by atoms with Gasteiger partial charge in [-0.05, 0) is 32.6 Å². The van der Waals surface area contributed by atoms with E-state index in [2.05, 4.69) is 20.4 Å². The minimum Gasteiger partial charge on any atom is -0.469 e. The molecule has 2 fully saturated rings. The second-order valence-electron chi connectivity index (χ2n) is 6.28. The van der Waals surface area contributed by atoms with Gasteiger partial charge in [-0.25, -0.2) is 4.79 Å². The largest absolute Gasteiger partial charge is 0.469 e. The van der Waals surface area contributed by atoms with Crippen molar-refractivity contribution < 1.29 is 19.1 Å². The highest BCUT2D eigenvalue weighted by molar-refractivity contribution is 5.91. The van der Waals surface area contributed by atoms with E-state index in [-0.39, 0.29) is 35.1 Å². The number of methoxy groups -OCH3 is 1. The molecule has 4 heteroatoms. The summed E-state index contributed by atoms with van der Waals surface area (Å²) in [5.41, 5.74) is 2.85. The van der Waals surface area contributed by atoms with Crippen LogP contribution in [-0.4, -0.2) is 25.7 Å². The number of carbonyl (C=O) groups excluding carboxylic acids is 2. The van der Waals surface area contributed by atoms with E-state index in [0.717, 1.165) is 12.8 Å². The molecule has 0 bridgehead atoms. The molecule has 0 amide bonds. The Morgan fingerprint density at radius 1 is 1.45 bits per heavy atom. The molecule has 0 aromatic carbocycles. The van der Waals surface area contributed by atoms with E-state index in [1.807, 2.05) is 0 Å². The highest BCUT2D eigenvalue weighted by Crippen LogP contribution is 2.66. The summed E-state index contributed by atoms with van der Waals surface area (Å²) in [7, 11) is 1.42. The minimum absolute atomic E-state index is 0.00227. The van der Waals surface area contributed by atoms with Crippen molar-refractivity contribution in [3.63, 3.8) is 0 Å². The molecular weight excluding hydrogens is 256 g/mol. The van der Waals surface area contributed by atoms with Crippen LogP contribution in [0.5, 0.6) is 0 Å². The molecule has 3 rings (SSSR count). The summed E-state index contributed by atoms with van der Waals surface area (Å²) >= 11 is 0. The molecule has 108 valence electrons. The summed E-state index contributed by atoms with van der Waals surface area (Å²) in [6, 6.07) is 0. The second-order valence-corrected chi connectivity index (χ2v) is 6.28. The van der Waals surface area contributed by atoms with E-state index < -0.39 is 0 Å². The van der Waals surface area contributed by atoms with Crippen molar-refractivity contribution in [1.82, 2.24) is 0 Å². The lowest BCUT2D eigenvalue weighted by Crippen LogP contribution is -2.44. The molecular formula is C16H20O4. The second kappa shape index (κ2) is 4.21. The first-order chi connectivity index (χ1) is 9.43. The Kier molecular flexibility index (Phi) is 2.82. The van der Waals surface area contributed by atoms with Crippen molar-refractivity contribution in [3.05, 3.63) is 23.3 Å². The maximum atomic E-state index is 12.1. The number of hydrogen-bond acceptors (Lipinski definition) is 4. The zero-order valence-corrected chi connectivity index (χ0v) is 12.2. The van der Waals surface area contributed by atoms with Gasteiger partial charge in [0.2, 0.25) is 0 Å². The molecule has 0 unspecified atom stereocenters. The summed E-state index contributed by atoms with van der Waals surface area (Å²) in [6.45, 7) is 8.53. The summed E-state index contributed by atoms with van der Waals surface area (Å²) in [5, 5.41) is 0. The van der Waals surface area contributed by atoms with E-state index in [4.69, 9.17) is 9.47 Å². The van der Waals surface area contributed by atoms with Crippen molar-refractivity contribution in [2.75, 3.05) is 13.7 Å². The van der Waals surface area contributed by atoms with Crippen LogP contribution in [0.1, 0.15) is 26.7 Å². The topological polar surface area (TPSA) is 52.6 Å². The fourth-order valence-electron chi connectivity index (χ4n) is 4.60. The zero-order chi connectivity index (χ0) is 14.7. The summed E-state index contributed by atoms with van der Waals surface area (Å²) in [4.78, 5) is 24.0. The third-order valence-electron chi connectivity index (χ3n) is 5.72. The lowest BCUT2D eigenvalue weighted by molar-refractivity contribution is -0.157. The van der Waals surface area contributed by atoms with E-state index in [1.165, 1.54) is 18.3 Å². The van der Waals surface area contributed by atoms with E-state index in [0.29, 0.717) is 12.2 Å². The highest BCUT2D eigenvalue weighted by Gasteiger charge is 2.64. The van der Waals surface area contributed by atoms with Gasteiger partial charge in [-0.2, -0.15) is 0 Å². The molecule has 0 radical (unpaired) electrons. The number of ether oxygens (including phenoxy) is 2. The van der Waals surface area contributed by atoms with Gasteiger partial charge in [0, 0.05) is 16.9 Å². The quantitative estimate of drug-likeness (QED) is 0.419. The van der Waals surface area contributed by atoms with Crippen LogP contribution in [0.3, 0.4) is 0 Å². The Morgan fingerprint density at radius 2 is 2.15 bits per heavy atom. The van der Waals surface area contributed by atoms with Crippen LogP contribution in [0.2, 0.25) is 0 Å². The highest BCUT2D eigenvalue weighted by atomic mass is 16.5. The van der Waals surface area contributed by atoms with Gasteiger partial charge in [-0.3, -0.25) is 4.79 Å². The van der Waals surface area contributed by atoms with Crippen molar-refractivity contribution in [3.8, 4) is 0 Å². The van der Waals surface area contributed by atoms with E-state index in [9.17, 15) is 9.59 Å². The maximum Gasteiger partial charge on any atom is 0.334 e. The van der Waals surface area contributed by atoms with Crippen LogP contribution in [-0.2, 0) is 19.1 Å². The van der Waals surface area contributed by atoms with E-state index in [1.54, 1.807) is 0 Å². The number of allylic oxidation sites excluding steroid dienone is 2. The summed E-state index contributed by atoms with van der Waals surface area (Å²) < 4.78 is 10.2. The van der Waals surface area contributed by atoms with Gasteiger partial charge >= 0.3 is 11.9 Å². The van der Waals surface area contributed by atoms with Crippen LogP contribution in [0.4, 0.5) is 0 Å². The van der Waals surface area contributed by atoms with Gasteiger partial charge in [0.25, 0.3) is 0 Å². The third kappa shape index (κ3) is 1.42. The van der Waals surface area contributed by atoms with Crippen LogP contribution >= 0.6 is 0 Å². The van der Waals surface area contributed by atoms with Crippen molar-refractivity contribution in [1.29, 1.82) is 0 Å². The Balaban J connectivity index is 2.08. The van der Waals surface area contributed by atoms with Crippen LogP contribution < -0.4 is 0 Å². The van der Waals surface area contributed by atoms with Gasteiger partial charge in [-0.15, -0.1) is 0 Å². The summed E-state index contributed by atoms with van der Waals surface area (Å²) in [6.07, 6.45) is 1.55. The predicted molar refractivity (Wildman–Crippen MR) is 72.6 cm³/mol. The molecule has 1 spiro atoms. The number of rotatable bonds is 1. The molecule has 20 heavy (non-hydrogen) atoms. The molecule has 0 aromatic heterocycles. The SMILES string of the molecule is C=C1C(=O)OC[C@H]2[C@H](C(=O)OC)C[C@@H]3C(C)=C(C)C[C@@]132. The first-order valence-corrected chi connectivity index (χ1v) is 7.04. The van der Waals surface area contributed by atoms with Crippen molar-refractivity contribution in [2.45, 2.75) is 26.7 Å². The molecule has 1 saturated carbocycles. The number of esters is 2. The molecule has 1 aliphatic heterocycles. The average Bonchev–Trinajstić information content (AvgIpc) is 2.88. The van der Waals surface area contributed by atoms with Crippen LogP contribution in [0.15, 0.2) is 23.3 Å². The Hall–Kier alpha value is -1.58. The molecule has 3 aliphatic rings. The lowest BCUT2D eigenvalue weighted by Gasteiger charge is -2.41. The monoisotopic (exact) mass is 276 g/mol. The molecule has 0 aromatic rings. The lowest BCUT2D eigenvalue weighted by atomic mass is 9.65. The third-order valence-corrected chi connectivity index (χ3v) is 5.72. The van der Waals surface area contributed by atoms with Crippen LogP contribution in [0, 0.1) is 23.2 Å². The van der Waals surface area contributed by atoms with Crippen LogP contribution in [0.25, 0.3) is 0 Å². The maximum absolute atomic E-state index is 12.1. The predicted octanol–water partition coefficient (Wildman–Crippen LogP) is 2.25. The summed E-state index contributed by atoms with van der Waals surface area (Å²) in [5.74, 6) is -0.480. The average molecular weight is 276 g/mol. The molecule has 1 saturated heterocycles. The Bertz CT molecular complexity index is 545. The number of hydrogen-bond donors (Lipinski definition) is 0. The van der Waals surface area contributed by atoms with Gasteiger partial charge in [-0.1, -0.05) is 17.7 Å². The first-order valence-electron chi connectivity index (χ1n) is 7.04. The van der Waals surface area contributed by atoms with Crippen molar-refractivity contribution in [2.24, 2.45) is 23.2 Å². The smallest absolute Gasteiger partial charge is 0.334 e. The van der Waals surface area contributed by atoms with Gasteiger partial charge in [0.15, 0.2) is 0 Å². The van der Waals surface area contributed by atoms with Gasteiger partial charge < -0.3 is 9.47 Å².